The summed E-state index contributed by atoms with van der Waals surface area (Å²) in [7, 11) is 3.49. The Balaban J connectivity index is 2.10. The van der Waals surface area contributed by atoms with Gasteiger partial charge < -0.3 is 9.84 Å². The first kappa shape index (κ1) is 12.7. The molecule has 1 heterocycles. The van der Waals surface area contributed by atoms with E-state index in [4.69, 9.17) is 4.74 Å². The highest BCUT2D eigenvalue weighted by Crippen LogP contribution is 2.29. The van der Waals surface area contributed by atoms with Crippen LogP contribution in [0, 0.1) is 0 Å². The van der Waals surface area contributed by atoms with E-state index in [9.17, 15) is 5.11 Å². The lowest BCUT2D eigenvalue weighted by Gasteiger charge is -2.10. The van der Waals surface area contributed by atoms with E-state index >= 15 is 0 Å². The lowest BCUT2D eigenvalue weighted by molar-refractivity contribution is 0.215. The van der Waals surface area contributed by atoms with Crippen LogP contribution in [0.3, 0.4) is 0 Å². The van der Waals surface area contributed by atoms with Gasteiger partial charge in [0.1, 0.15) is 17.5 Å². The summed E-state index contributed by atoms with van der Waals surface area (Å²) in [5, 5.41) is 16.0. The summed E-state index contributed by atoms with van der Waals surface area (Å²) >= 11 is 0. The molecule has 0 radical (unpaired) electrons. The fourth-order valence-corrected chi connectivity index (χ4v) is 2.41. The first-order valence-corrected chi connectivity index (χ1v) is 6.44. The van der Waals surface area contributed by atoms with Gasteiger partial charge in [-0.25, -0.2) is 0 Å². The summed E-state index contributed by atoms with van der Waals surface area (Å²) in [5.74, 6) is 0.724. The van der Waals surface area contributed by atoms with Crippen molar-refractivity contribution in [2.24, 2.45) is 7.05 Å². The number of aliphatic hydroxyl groups is 1. The van der Waals surface area contributed by atoms with E-state index in [1.165, 1.54) is 0 Å². The number of hydrogen-bond donors (Lipinski definition) is 1. The maximum Gasteiger partial charge on any atom is 0.124 e. The molecule has 4 heteroatoms. The smallest absolute Gasteiger partial charge is 0.124 e. The Morgan fingerprint density at radius 2 is 1.95 bits per heavy atom. The fraction of sp³-hybridized carbons (Fsp3) is 0.188. The molecular weight excluding hydrogens is 252 g/mol. The third kappa shape index (κ3) is 2.04. The lowest BCUT2D eigenvalue weighted by Crippen LogP contribution is -2.02. The summed E-state index contributed by atoms with van der Waals surface area (Å²) < 4.78 is 6.98. The van der Waals surface area contributed by atoms with Crippen LogP contribution in [0.5, 0.6) is 5.75 Å². The van der Waals surface area contributed by atoms with Crippen molar-refractivity contribution in [1.82, 2.24) is 9.78 Å². The van der Waals surface area contributed by atoms with Gasteiger partial charge in [-0.1, -0.05) is 30.3 Å². The van der Waals surface area contributed by atoms with E-state index in [1.807, 2.05) is 55.6 Å². The summed E-state index contributed by atoms with van der Waals surface area (Å²) in [4.78, 5) is 0. The average molecular weight is 268 g/mol. The summed E-state index contributed by atoms with van der Waals surface area (Å²) in [6.45, 7) is 0. The maximum absolute atomic E-state index is 10.6. The summed E-state index contributed by atoms with van der Waals surface area (Å²) in [5.41, 5.74) is 2.44. The molecule has 0 saturated heterocycles. The highest BCUT2D eigenvalue weighted by atomic mass is 16.5. The number of nitrogens with zero attached hydrogens (tertiary/aromatic N) is 2. The Bertz CT molecular complexity index is 749. The minimum atomic E-state index is -0.767. The molecule has 102 valence electrons. The van der Waals surface area contributed by atoms with Crippen molar-refractivity contribution < 1.29 is 9.84 Å². The van der Waals surface area contributed by atoms with E-state index in [0.29, 0.717) is 5.69 Å². The minimum Gasteiger partial charge on any atom is -0.497 e. The molecule has 3 rings (SSSR count). The van der Waals surface area contributed by atoms with Gasteiger partial charge in [0.05, 0.1) is 12.6 Å². The van der Waals surface area contributed by atoms with Crippen LogP contribution >= 0.6 is 0 Å². The van der Waals surface area contributed by atoms with Gasteiger partial charge >= 0.3 is 0 Å². The molecule has 4 nitrogen and oxygen atoms in total. The van der Waals surface area contributed by atoms with Crippen LogP contribution in [-0.4, -0.2) is 22.0 Å². The molecule has 20 heavy (non-hydrogen) atoms. The predicted octanol–water partition coefficient (Wildman–Crippen LogP) is 2.66. The number of aliphatic hydroxyl groups excluding tert-OH is 1. The molecule has 1 aromatic heterocycles. The van der Waals surface area contributed by atoms with Crippen molar-refractivity contribution in [3.63, 3.8) is 0 Å². The molecule has 0 aliphatic heterocycles. The molecular formula is C16H16N2O2. The Morgan fingerprint density at radius 3 is 2.75 bits per heavy atom. The topological polar surface area (TPSA) is 47.3 Å². The van der Waals surface area contributed by atoms with Crippen LogP contribution < -0.4 is 4.74 Å². The van der Waals surface area contributed by atoms with E-state index in [0.717, 1.165) is 22.2 Å². The van der Waals surface area contributed by atoms with Crippen LogP contribution in [0.4, 0.5) is 0 Å². The Morgan fingerprint density at radius 1 is 1.15 bits per heavy atom. The zero-order chi connectivity index (χ0) is 14.1. The second-order valence-corrected chi connectivity index (χ2v) is 4.71. The standard InChI is InChI=1S/C16H16N2O2/c1-18-14-9-4-3-8-13(14)15(17-18)16(19)11-6-5-7-12(10-11)20-2/h3-10,16,19H,1-2H3. The minimum absolute atomic E-state index is 0.663. The maximum atomic E-state index is 10.6. The van der Waals surface area contributed by atoms with Crippen molar-refractivity contribution >= 4 is 10.9 Å². The highest BCUT2D eigenvalue weighted by molar-refractivity contribution is 5.82. The molecule has 0 aliphatic rings. The third-order valence-corrected chi connectivity index (χ3v) is 3.45. The Kier molecular flexibility index (Phi) is 3.16. The average Bonchev–Trinajstić information content (AvgIpc) is 2.84. The molecule has 1 atom stereocenters. The number of fused-ring (bicyclic) bond motifs is 1. The van der Waals surface area contributed by atoms with Crippen LogP contribution in [0.1, 0.15) is 17.4 Å². The first-order chi connectivity index (χ1) is 9.70. The number of ether oxygens (including phenoxy) is 1. The number of benzene rings is 2. The summed E-state index contributed by atoms with van der Waals surface area (Å²) in [6.07, 6.45) is -0.767. The number of aryl methyl sites for hydroxylation is 1. The van der Waals surface area contributed by atoms with Crippen molar-refractivity contribution in [1.29, 1.82) is 0 Å². The van der Waals surface area contributed by atoms with Crippen LogP contribution in [0.15, 0.2) is 48.5 Å². The van der Waals surface area contributed by atoms with Crippen LogP contribution in [0.2, 0.25) is 0 Å². The monoisotopic (exact) mass is 268 g/mol. The fourth-order valence-electron chi connectivity index (χ4n) is 2.41. The van der Waals surface area contributed by atoms with E-state index in [2.05, 4.69) is 5.10 Å². The molecule has 0 saturated carbocycles. The number of methoxy groups -OCH3 is 1. The third-order valence-electron chi connectivity index (χ3n) is 3.45. The number of rotatable bonds is 3. The van der Waals surface area contributed by atoms with Gasteiger partial charge in [0.15, 0.2) is 0 Å². The second kappa shape index (κ2) is 4.98. The van der Waals surface area contributed by atoms with Crippen molar-refractivity contribution in [3.8, 4) is 5.75 Å². The normalized spacial score (nSPS) is 12.6. The van der Waals surface area contributed by atoms with Crippen molar-refractivity contribution in [2.75, 3.05) is 7.11 Å². The lowest BCUT2D eigenvalue weighted by atomic mass is 10.0. The van der Waals surface area contributed by atoms with Gasteiger partial charge in [-0.3, -0.25) is 4.68 Å². The van der Waals surface area contributed by atoms with Gasteiger partial charge in [-0.2, -0.15) is 5.10 Å². The number of para-hydroxylation sites is 1. The van der Waals surface area contributed by atoms with Crippen LogP contribution in [-0.2, 0) is 7.05 Å². The molecule has 1 N–H and O–H groups in total. The molecule has 0 aliphatic carbocycles. The van der Waals surface area contributed by atoms with Gasteiger partial charge in [-0.15, -0.1) is 0 Å². The van der Waals surface area contributed by atoms with E-state index in [1.54, 1.807) is 11.8 Å². The van der Waals surface area contributed by atoms with Gasteiger partial charge in [-0.05, 0) is 23.8 Å². The zero-order valence-corrected chi connectivity index (χ0v) is 11.4. The van der Waals surface area contributed by atoms with Crippen molar-refractivity contribution in [3.05, 3.63) is 59.8 Å². The summed E-state index contributed by atoms with van der Waals surface area (Å²) in [6, 6.07) is 15.3. The second-order valence-electron chi connectivity index (χ2n) is 4.71. The van der Waals surface area contributed by atoms with E-state index in [-0.39, 0.29) is 0 Å². The van der Waals surface area contributed by atoms with Crippen LogP contribution in [0.25, 0.3) is 10.9 Å². The van der Waals surface area contributed by atoms with Gasteiger partial charge in [0.2, 0.25) is 0 Å². The Hall–Kier alpha value is -2.33. The first-order valence-electron chi connectivity index (χ1n) is 6.44. The van der Waals surface area contributed by atoms with Gasteiger partial charge in [0.25, 0.3) is 0 Å². The van der Waals surface area contributed by atoms with Gasteiger partial charge in [0, 0.05) is 12.4 Å². The largest absolute Gasteiger partial charge is 0.497 e. The molecule has 2 aromatic carbocycles. The molecule has 0 fully saturated rings. The van der Waals surface area contributed by atoms with E-state index < -0.39 is 6.10 Å². The SMILES string of the molecule is COc1cccc(C(O)c2nn(C)c3ccccc23)c1. The van der Waals surface area contributed by atoms with Crippen molar-refractivity contribution in [2.45, 2.75) is 6.10 Å². The molecule has 0 spiro atoms. The number of hydrogen-bond acceptors (Lipinski definition) is 3. The quantitative estimate of drug-likeness (QED) is 0.794. The Labute approximate surface area is 117 Å². The molecule has 3 aromatic rings. The zero-order valence-electron chi connectivity index (χ0n) is 11.4. The predicted molar refractivity (Wildman–Crippen MR) is 77.8 cm³/mol. The molecule has 1 unspecified atom stereocenters. The highest BCUT2D eigenvalue weighted by Gasteiger charge is 2.18. The molecule has 0 bridgehead atoms. The molecule has 0 amide bonds. The number of aromatic nitrogens is 2.